The van der Waals surface area contributed by atoms with E-state index >= 15 is 0 Å². The van der Waals surface area contributed by atoms with Gasteiger partial charge in [0, 0.05) is 37.8 Å². The molecule has 1 spiro atoms. The fourth-order valence-corrected chi connectivity index (χ4v) is 5.47. The van der Waals surface area contributed by atoms with Gasteiger partial charge < -0.3 is 19.1 Å². The van der Waals surface area contributed by atoms with Gasteiger partial charge >= 0.3 is 0 Å². The maximum absolute atomic E-state index is 13.0. The van der Waals surface area contributed by atoms with Crippen LogP contribution in [-0.4, -0.2) is 71.8 Å². The van der Waals surface area contributed by atoms with Crippen LogP contribution in [-0.2, 0) is 9.59 Å². The van der Waals surface area contributed by atoms with E-state index in [9.17, 15) is 9.59 Å². The lowest BCUT2D eigenvalue weighted by atomic mass is 9.76. The number of likely N-dealkylation sites (tertiary alicyclic amines) is 3. The molecule has 4 rings (SSSR count). The minimum absolute atomic E-state index is 0.0482. The highest BCUT2D eigenvalue weighted by Crippen LogP contribution is 2.44. The summed E-state index contributed by atoms with van der Waals surface area (Å²) in [6.07, 6.45) is 8.94. The Labute approximate surface area is 173 Å². The Hall–Kier alpha value is -2.08. The van der Waals surface area contributed by atoms with Gasteiger partial charge in [0.25, 0.3) is 0 Å². The van der Waals surface area contributed by atoms with Crippen molar-refractivity contribution in [1.82, 2.24) is 14.7 Å². The molecule has 1 aromatic rings. The molecule has 6 heteroatoms. The number of hydrogen-bond acceptors (Lipinski definition) is 4. The van der Waals surface area contributed by atoms with Crippen LogP contribution in [0.15, 0.2) is 28.9 Å². The van der Waals surface area contributed by atoms with Gasteiger partial charge in [0.15, 0.2) is 0 Å². The zero-order valence-corrected chi connectivity index (χ0v) is 17.8. The topological polar surface area (TPSA) is 57.0 Å². The van der Waals surface area contributed by atoms with Gasteiger partial charge in [-0.3, -0.25) is 9.59 Å². The van der Waals surface area contributed by atoms with E-state index in [-0.39, 0.29) is 23.3 Å². The second-order valence-electron chi connectivity index (χ2n) is 9.31. The predicted molar refractivity (Wildman–Crippen MR) is 112 cm³/mol. The lowest BCUT2D eigenvalue weighted by Crippen LogP contribution is -2.48. The average Bonchev–Trinajstić information content (AvgIpc) is 3.42. The highest BCUT2D eigenvalue weighted by atomic mass is 16.3. The highest BCUT2D eigenvalue weighted by molar-refractivity contribution is 5.92. The van der Waals surface area contributed by atoms with Crippen LogP contribution in [0.3, 0.4) is 0 Å². The first-order valence-corrected chi connectivity index (χ1v) is 10.9. The molecule has 0 saturated carbocycles. The number of furan rings is 1. The second kappa shape index (κ2) is 7.98. The molecule has 0 N–H and O–H groups in total. The molecule has 0 aliphatic carbocycles. The van der Waals surface area contributed by atoms with E-state index in [0.29, 0.717) is 17.7 Å². The molecule has 6 nitrogen and oxygen atoms in total. The van der Waals surface area contributed by atoms with E-state index in [1.165, 1.54) is 0 Å². The van der Waals surface area contributed by atoms with Gasteiger partial charge in [-0.1, -0.05) is 0 Å². The van der Waals surface area contributed by atoms with Crippen molar-refractivity contribution >= 4 is 17.9 Å². The van der Waals surface area contributed by atoms with Crippen LogP contribution in [0.25, 0.3) is 6.08 Å². The van der Waals surface area contributed by atoms with Crippen molar-refractivity contribution in [1.29, 1.82) is 0 Å². The highest BCUT2D eigenvalue weighted by Gasteiger charge is 2.46. The van der Waals surface area contributed by atoms with Crippen molar-refractivity contribution in [3.8, 4) is 0 Å². The largest absolute Gasteiger partial charge is 0.465 e. The smallest absolute Gasteiger partial charge is 0.246 e. The summed E-state index contributed by atoms with van der Waals surface area (Å²) in [5.41, 5.74) is 0.155. The van der Waals surface area contributed by atoms with E-state index in [2.05, 4.69) is 30.7 Å². The van der Waals surface area contributed by atoms with Gasteiger partial charge in [-0.05, 0) is 76.7 Å². The summed E-state index contributed by atoms with van der Waals surface area (Å²) in [7, 11) is 2.11. The maximum atomic E-state index is 13.0. The number of piperidine rings is 1. The SMILES string of the molecule is CC1CC2(CCN(C(=O)[C@@H]3CCN(C)[C@@H]3C)CC2)CN1C(=O)/C=C/c1ccco1. The number of carbonyl (C=O) groups excluding carboxylic acids is 2. The number of hydrogen-bond donors (Lipinski definition) is 0. The molecule has 1 unspecified atom stereocenters. The molecular weight excluding hydrogens is 366 g/mol. The van der Waals surface area contributed by atoms with Gasteiger partial charge in [-0.15, -0.1) is 0 Å². The summed E-state index contributed by atoms with van der Waals surface area (Å²) in [5, 5.41) is 0. The van der Waals surface area contributed by atoms with Crippen molar-refractivity contribution in [3.05, 3.63) is 30.2 Å². The Morgan fingerprint density at radius 1 is 1.21 bits per heavy atom. The third-order valence-electron chi connectivity index (χ3n) is 7.51. The summed E-state index contributed by atoms with van der Waals surface area (Å²) in [5.74, 6) is 1.21. The number of nitrogens with zero attached hydrogens (tertiary/aromatic N) is 3. The molecule has 2 amide bonds. The Balaban J connectivity index is 1.34. The van der Waals surface area contributed by atoms with E-state index in [0.717, 1.165) is 51.9 Å². The lowest BCUT2D eigenvalue weighted by Gasteiger charge is -2.40. The first-order chi connectivity index (χ1) is 13.9. The zero-order valence-electron chi connectivity index (χ0n) is 17.8. The molecule has 1 aromatic heterocycles. The van der Waals surface area contributed by atoms with Gasteiger partial charge in [0.1, 0.15) is 5.76 Å². The van der Waals surface area contributed by atoms with E-state index < -0.39 is 0 Å². The third-order valence-corrected chi connectivity index (χ3v) is 7.51. The van der Waals surface area contributed by atoms with Crippen LogP contribution < -0.4 is 0 Å². The summed E-state index contributed by atoms with van der Waals surface area (Å²) < 4.78 is 5.28. The molecule has 0 radical (unpaired) electrons. The lowest BCUT2D eigenvalue weighted by molar-refractivity contribution is -0.138. The molecule has 3 aliphatic rings. The normalized spacial score (nSPS) is 30.0. The minimum Gasteiger partial charge on any atom is -0.465 e. The number of amides is 2. The van der Waals surface area contributed by atoms with Crippen molar-refractivity contribution < 1.29 is 14.0 Å². The monoisotopic (exact) mass is 399 g/mol. The first-order valence-electron chi connectivity index (χ1n) is 10.9. The van der Waals surface area contributed by atoms with Gasteiger partial charge in [0.2, 0.25) is 11.8 Å². The molecule has 3 fully saturated rings. The van der Waals surface area contributed by atoms with Crippen LogP contribution >= 0.6 is 0 Å². The summed E-state index contributed by atoms with van der Waals surface area (Å²) >= 11 is 0. The molecule has 29 heavy (non-hydrogen) atoms. The molecule has 3 saturated heterocycles. The third kappa shape index (κ3) is 4.00. The van der Waals surface area contributed by atoms with Gasteiger partial charge in [-0.2, -0.15) is 0 Å². The second-order valence-corrected chi connectivity index (χ2v) is 9.31. The van der Waals surface area contributed by atoms with Crippen LogP contribution in [0.5, 0.6) is 0 Å². The molecule has 3 atom stereocenters. The van der Waals surface area contributed by atoms with Crippen LogP contribution in [0.1, 0.15) is 45.3 Å². The van der Waals surface area contributed by atoms with Crippen molar-refractivity contribution in [2.24, 2.45) is 11.3 Å². The summed E-state index contributed by atoms with van der Waals surface area (Å²) in [6, 6.07) is 4.22. The number of rotatable bonds is 3. The number of carbonyl (C=O) groups is 2. The van der Waals surface area contributed by atoms with Crippen molar-refractivity contribution in [2.45, 2.75) is 51.6 Å². The Morgan fingerprint density at radius 2 is 1.97 bits per heavy atom. The van der Waals surface area contributed by atoms with E-state index in [1.54, 1.807) is 18.4 Å². The quantitative estimate of drug-likeness (QED) is 0.734. The zero-order chi connectivity index (χ0) is 20.6. The van der Waals surface area contributed by atoms with Crippen LogP contribution in [0.2, 0.25) is 0 Å². The Morgan fingerprint density at radius 3 is 2.59 bits per heavy atom. The van der Waals surface area contributed by atoms with Gasteiger partial charge in [0.05, 0.1) is 12.2 Å². The first kappa shape index (κ1) is 20.2. The fourth-order valence-electron chi connectivity index (χ4n) is 5.47. The molecular formula is C23H33N3O3. The van der Waals surface area contributed by atoms with Gasteiger partial charge in [-0.25, -0.2) is 0 Å². The molecule has 0 aromatic carbocycles. The van der Waals surface area contributed by atoms with Crippen molar-refractivity contribution in [2.75, 3.05) is 33.2 Å². The molecule has 3 aliphatic heterocycles. The summed E-state index contributed by atoms with van der Waals surface area (Å²) in [4.78, 5) is 32.1. The molecule has 0 bridgehead atoms. The standard InChI is InChI=1S/C23H33N3O3/c1-17-15-23(16-26(17)21(27)7-6-19-5-4-14-29-19)9-12-25(13-10-23)22(28)20-8-11-24(3)18(20)2/h4-7,14,17-18,20H,8-13,15-16H2,1-3H3/b7-6+/t17?,18-,20-/m1/s1. The van der Waals surface area contributed by atoms with E-state index in [4.69, 9.17) is 4.42 Å². The minimum atomic E-state index is 0.0482. The van der Waals surface area contributed by atoms with Crippen molar-refractivity contribution in [3.63, 3.8) is 0 Å². The average molecular weight is 400 g/mol. The molecule has 158 valence electrons. The maximum Gasteiger partial charge on any atom is 0.246 e. The predicted octanol–water partition coefficient (Wildman–Crippen LogP) is 2.86. The Bertz CT molecular complexity index is 764. The van der Waals surface area contributed by atoms with Crippen LogP contribution in [0.4, 0.5) is 0 Å². The fraction of sp³-hybridized carbons (Fsp3) is 0.652. The summed E-state index contributed by atoms with van der Waals surface area (Å²) in [6.45, 7) is 7.75. The van der Waals surface area contributed by atoms with E-state index in [1.807, 2.05) is 17.0 Å². The molecule has 4 heterocycles. The Kier molecular flexibility index (Phi) is 5.56. The van der Waals surface area contributed by atoms with Crippen LogP contribution in [0, 0.1) is 11.3 Å².